The van der Waals surface area contributed by atoms with Crippen molar-refractivity contribution in [3.63, 3.8) is 0 Å². The van der Waals surface area contributed by atoms with Crippen molar-refractivity contribution >= 4 is 32.8 Å². The molecule has 6 nitrogen and oxygen atoms in total. The second-order valence-corrected chi connectivity index (χ2v) is 8.30. The van der Waals surface area contributed by atoms with Crippen LogP contribution in [0.1, 0.15) is 24.5 Å². The standard InChI is InChI=1S/C18H18N4O2S2/c1-2-9-22-17-8-7-15(26(20,23)24)10-16(17)21-18(22)25-12-14-6-4-3-5-13(14)11-19/h3-8,10H,2,9,12H2,1H3,(H2,20,23,24). The van der Waals surface area contributed by atoms with Crippen LogP contribution in [0.2, 0.25) is 0 Å². The van der Waals surface area contributed by atoms with Crippen LogP contribution in [0.15, 0.2) is 52.5 Å². The van der Waals surface area contributed by atoms with Crippen molar-refractivity contribution in [2.24, 2.45) is 5.14 Å². The zero-order valence-electron chi connectivity index (χ0n) is 14.2. The molecular formula is C18H18N4O2S2. The first-order valence-electron chi connectivity index (χ1n) is 8.08. The SMILES string of the molecule is CCCn1c(SCc2ccccc2C#N)nc2cc(S(N)(=O)=O)ccc21. The van der Waals surface area contributed by atoms with E-state index >= 15 is 0 Å². The van der Waals surface area contributed by atoms with Crippen LogP contribution in [-0.4, -0.2) is 18.0 Å². The van der Waals surface area contributed by atoms with E-state index in [0.717, 1.165) is 29.2 Å². The zero-order valence-corrected chi connectivity index (χ0v) is 15.8. The molecule has 1 heterocycles. The molecule has 0 bridgehead atoms. The molecule has 0 saturated carbocycles. The first-order valence-corrected chi connectivity index (χ1v) is 10.6. The Morgan fingerprint density at radius 3 is 2.73 bits per heavy atom. The first kappa shape index (κ1) is 18.5. The number of aryl methyl sites for hydroxylation is 1. The van der Waals surface area contributed by atoms with Crippen molar-refractivity contribution in [1.29, 1.82) is 5.26 Å². The van der Waals surface area contributed by atoms with Gasteiger partial charge in [-0.1, -0.05) is 36.9 Å². The van der Waals surface area contributed by atoms with Gasteiger partial charge in [0.1, 0.15) is 0 Å². The van der Waals surface area contributed by atoms with Gasteiger partial charge in [0.15, 0.2) is 5.16 Å². The fraction of sp³-hybridized carbons (Fsp3) is 0.222. The lowest BCUT2D eigenvalue weighted by molar-refractivity contribution is 0.598. The summed E-state index contributed by atoms with van der Waals surface area (Å²) >= 11 is 1.53. The Labute approximate surface area is 156 Å². The molecule has 0 saturated heterocycles. The Bertz CT molecular complexity index is 1100. The fourth-order valence-electron chi connectivity index (χ4n) is 2.71. The van der Waals surface area contributed by atoms with E-state index in [-0.39, 0.29) is 4.90 Å². The molecule has 0 unspecified atom stereocenters. The van der Waals surface area contributed by atoms with E-state index in [4.69, 9.17) is 5.14 Å². The highest BCUT2D eigenvalue weighted by atomic mass is 32.2. The second-order valence-electron chi connectivity index (χ2n) is 5.80. The molecule has 2 aromatic carbocycles. The minimum Gasteiger partial charge on any atom is -0.319 e. The molecule has 0 fully saturated rings. The summed E-state index contributed by atoms with van der Waals surface area (Å²) in [6.45, 7) is 2.84. The molecule has 134 valence electrons. The van der Waals surface area contributed by atoms with Gasteiger partial charge in [0, 0.05) is 12.3 Å². The van der Waals surface area contributed by atoms with Gasteiger partial charge in [-0.2, -0.15) is 5.26 Å². The number of rotatable bonds is 6. The number of aromatic nitrogens is 2. The third-order valence-corrected chi connectivity index (χ3v) is 5.89. The number of nitrogens with zero attached hydrogens (tertiary/aromatic N) is 3. The lowest BCUT2D eigenvalue weighted by Gasteiger charge is -2.08. The predicted molar refractivity (Wildman–Crippen MR) is 102 cm³/mol. The first-order chi connectivity index (χ1) is 12.4. The summed E-state index contributed by atoms with van der Waals surface area (Å²) in [5.41, 5.74) is 3.06. The van der Waals surface area contributed by atoms with Gasteiger partial charge >= 0.3 is 0 Å². The Morgan fingerprint density at radius 1 is 1.27 bits per heavy atom. The van der Waals surface area contributed by atoms with Crippen molar-refractivity contribution < 1.29 is 8.42 Å². The molecule has 3 aromatic rings. The van der Waals surface area contributed by atoms with E-state index in [9.17, 15) is 13.7 Å². The van der Waals surface area contributed by atoms with E-state index in [1.165, 1.54) is 23.9 Å². The Morgan fingerprint density at radius 2 is 2.04 bits per heavy atom. The van der Waals surface area contributed by atoms with Crippen molar-refractivity contribution in [1.82, 2.24) is 9.55 Å². The van der Waals surface area contributed by atoms with E-state index in [1.54, 1.807) is 12.1 Å². The van der Waals surface area contributed by atoms with E-state index in [0.29, 0.717) is 16.8 Å². The van der Waals surface area contributed by atoms with Crippen LogP contribution in [0.4, 0.5) is 0 Å². The quantitative estimate of drug-likeness (QED) is 0.655. The number of sulfonamides is 1. The van der Waals surface area contributed by atoms with E-state index < -0.39 is 10.0 Å². The van der Waals surface area contributed by atoms with Crippen LogP contribution < -0.4 is 5.14 Å². The summed E-state index contributed by atoms with van der Waals surface area (Å²) < 4.78 is 25.2. The van der Waals surface area contributed by atoms with Crippen LogP contribution in [0.5, 0.6) is 0 Å². The molecule has 26 heavy (non-hydrogen) atoms. The summed E-state index contributed by atoms with van der Waals surface area (Å²) in [5, 5.41) is 15.2. The molecule has 0 aliphatic heterocycles. The highest BCUT2D eigenvalue weighted by molar-refractivity contribution is 7.98. The number of benzene rings is 2. The molecule has 2 N–H and O–H groups in total. The second kappa shape index (κ2) is 7.50. The number of nitrogens with two attached hydrogens (primary N) is 1. The van der Waals surface area contributed by atoms with Crippen molar-refractivity contribution in [2.45, 2.75) is 35.7 Å². The fourth-order valence-corrected chi connectivity index (χ4v) is 4.29. The molecule has 0 aliphatic rings. The molecule has 0 spiro atoms. The molecular weight excluding hydrogens is 368 g/mol. The van der Waals surface area contributed by atoms with Crippen LogP contribution in [0.25, 0.3) is 11.0 Å². The molecule has 3 rings (SSSR count). The third kappa shape index (κ3) is 3.75. The number of primary sulfonamides is 1. The number of thioether (sulfide) groups is 1. The molecule has 8 heteroatoms. The van der Waals surface area contributed by atoms with Gasteiger partial charge < -0.3 is 4.57 Å². The Balaban J connectivity index is 1.99. The lowest BCUT2D eigenvalue weighted by atomic mass is 10.1. The topological polar surface area (TPSA) is 102 Å². The highest BCUT2D eigenvalue weighted by Gasteiger charge is 2.15. The molecule has 0 amide bonds. The predicted octanol–water partition coefficient (Wildman–Crippen LogP) is 3.26. The van der Waals surface area contributed by atoms with Crippen molar-refractivity contribution in [3.8, 4) is 6.07 Å². The summed E-state index contributed by atoms with van der Waals surface area (Å²) in [4.78, 5) is 4.65. The monoisotopic (exact) mass is 386 g/mol. The molecule has 0 atom stereocenters. The van der Waals surface area contributed by atoms with E-state index in [1.807, 2.05) is 18.2 Å². The normalized spacial score (nSPS) is 11.6. The number of hydrogen-bond acceptors (Lipinski definition) is 5. The van der Waals surface area contributed by atoms with Crippen molar-refractivity contribution in [3.05, 3.63) is 53.6 Å². The van der Waals surface area contributed by atoms with Gasteiger partial charge in [-0.15, -0.1) is 0 Å². The average Bonchev–Trinajstić information content (AvgIpc) is 2.97. The highest BCUT2D eigenvalue weighted by Crippen LogP contribution is 2.29. The average molecular weight is 387 g/mol. The molecule has 1 aromatic heterocycles. The molecule has 0 aliphatic carbocycles. The van der Waals surface area contributed by atoms with Gasteiger partial charge in [-0.3, -0.25) is 0 Å². The number of imidazole rings is 1. The van der Waals surface area contributed by atoms with Gasteiger partial charge in [0.05, 0.1) is 27.6 Å². The lowest BCUT2D eigenvalue weighted by Crippen LogP contribution is -2.11. The smallest absolute Gasteiger partial charge is 0.238 e. The van der Waals surface area contributed by atoms with Gasteiger partial charge in [0.2, 0.25) is 10.0 Å². The van der Waals surface area contributed by atoms with Gasteiger partial charge in [-0.05, 0) is 36.2 Å². The van der Waals surface area contributed by atoms with Crippen LogP contribution in [0, 0.1) is 11.3 Å². The van der Waals surface area contributed by atoms with Crippen molar-refractivity contribution in [2.75, 3.05) is 0 Å². The summed E-state index contributed by atoms with van der Waals surface area (Å²) in [6.07, 6.45) is 0.921. The summed E-state index contributed by atoms with van der Waals surface area (Å²) in [6, 6.07) is 14.4. The minimum atomic E-state index is -3.77. The maximum absolute atomic E-state index is 11.6. The van der Waals surface area contributed by atoms with Gasteiger partial charge in [0.25, 0.3) is 0 Å². The Kier molecular flexibility index (Phi) is 5.32. The zero-order chi connectivity index (χ0) is 18.7. The minimum absolute atomic E-state index is 0.0533. The third-order valence-electron chi connectivity index (χ3n) is 3.96. The van der Waals surface area contributed by atoms with Crippen LogP contribution >= 0.6 is 11.8 Å². The number of fused-ring (bicyclic) bond motifs is 1. The Hall–Kier alpha value is -2.34. The molecule has 0 radical (unpaired) electrons. The largest absolute Gasteiger partial charge is 0.319 e. The van der Waals surface area contributed by atoms with E-state index in [2.05, 4.69) is 22.5 Å². The van der Waals surface area contributed by atoms with Crippen LogP contribution in [0.3, 0.4) is 0 Å². The summed E-state index contributed by atoms with van der Waals surface area (Å²) in [7, 11) is -3.77. The van der Waals surface area contributed by atoms with Crippen LogP contribution in [-0.2, 0) is 22.3 Å². The number of nitriles is 1. The summed E-state index contributed by atoms with van der Waals surface area (Å²) in [5.74, 6) is 0.610. The van der Waals surface area contributed by atoms with Gasteiger partial charge in [-0.25, -0.2) is 18.5 Å². The maximum atomic E-state index is 11.6. The number of hydrogen-bond donors (Lipinski definition) is 1. The maximum Gasteiger partial charge on any atom is 0.238 e.